The third-order valence-electron chi connectivity index (χ3n) is 6.03. The number of benzene rings is 1. The summed E-state index contributed by atoms with van der Waals surface area (Å²) < 4.78 is 0. The normalized spacial score (nSPS) is 22.0. The van der Waals surface area contributed by atoms with E-state index in [4.69, 9.17) is 0 Å². The number of rotatable bonds is 8. The van der Waals surface area contributed by atoms with Gasteiger partial charge in [0.25, 0.3) is 0 Å². The largest absolute Gasteiger partial charge is 0.372 e. The molecule has 0 bridgehead atoms. The van der Waals surface area contributed by atoms with Crippen molar-refractivity contribution in [1.82, 2.24) is 4.90 Å². The lowest BCUT2D eigenvalue weighted by Gasteiger charge is -2.32. The number of nitrogens with zero attached hydrogens (tertiary/aromatic N) is 2. The Morgan fingerprint density at radius 2 is 1.64 bits per heavy atom. The lowest BCUT2D eigenvalue weighted by molar-refractivity contribution is -0.134. The molecule has 1 aromatic rings. The van der Waals surface area contributed by atoms with E-state index < -0.39 is 0 Å². The summed E-state index contributed by atoms with van der Waals surface area (Å²) in [6.45, 7) is 10.3. The number of anilines is 2. The Kier molecular flexibility index (Phi) is 6.97. The number of carbonyl (C=O) groups excluding carboxylic acids is 2. The van der Waals surface area contributed by atoms with Crippen molar-refractivity contribution < 1.29 is 9.59 Å². The average Bonchev–Trinajstić information content (AvgIpc) is 3.50. The van der Waals surface area contributed by atoms with Crippen LogP contribution in [0.2, 0.25) is 0 Å². The van der Waals surface area contributed by atoms with Crippen molar-refractivity contribution in [2.45, 2.75) is 52.9 Å². The van der Waals surface area contributed by atoms with Crippen LogP contribution in [0.25, 0.3) is 0 Å². The Morgan fingerprint density at radius 3 is 2.21 bits per heavy atom. The van der Waals surface area contributed by atoms with Crippen LogP contribution < -0.4 is 10.2 Å². The van der Waals surface area contributed by atoms with Gasteiger partial charge in [-0.1, -0.05) is 20.8 Å². The quantitative estimate of drug-likeness (QED) is 0.731. The zero-order valence-electron chi connectivity index (χ0n) is 17.6. The van der Waals surface area contributed by atoms with Gasteiger partial charge < -0.3 is 15.1 Å². The Hall–Kier alpha value is -2.04. The van der Waals surface area contributed by atoms with Gasteiger partial charge in [0, 0.05) is 37.6 Å². The van der Waals surface area contributed by atoms with Gasteiger partial charge in [-0.2, -0.15) is 0 Å². The summed E-state index contributed by atoms with van der Waals surface area (Å²) in [5, 5.41) is 3.00. The first-order chi connectivity index (χ1) is 13.5. The van der Waals surface area contributed by atoms with Gasteiger partial charge in [0.05, 0.1) is 11.8 Å². The van der Waals surface area contributed by atoms with E-state index in [-0.39, 0.29) is 23.7 Å². The van der Waals surface area contributed by atoms with E-state index in [1.807, 2.05) is 17.0 Å². The summed E-state index contributed by atoms with van der Waals surface area (Å²) in [6, 6.07) is 8.13. The van der Waals surface area contributed by atoms with Crippen molar-refractivity contribution in [2.24, 2.45) is 17.8 Å². The van der Waals surface area contributed by atoms with Crippen LogP contribution in [-0.4, -0.2) is 42.9 Å². The second-order valence-electron chi connectivity index (χ2n) is 8.48. The first-order valence-electron chi connectivity index (χ1n) is 11.0. The molecule has 154 valence electrons. The van der Waals surface area contributed by atoms with Gasteiger partial charge in [-0.3, -0.25) is 9.59 Å². The van der Waals surface area contributed by atoms with E-state index in [0.29, 0.717) is 6.42 Å². The molecule has 5 heteroatoms. The molecule has 1 aromatic carbocycles. The fraction of sp³-hybridized carbons (Fsp3) is 0.652. The zero-order chi connectivity index (χ0) is 20.1. The Labute approximate surface area is 169 Å². The van der Waals surface area contributed by atoms with Crippen LogP contribution in [0.3, 0.4) is 0 Å². The van der Waals surface area contributed by atoms with Gasteiger partial charge in [0.1, 0.15) is 0 Å². The summed E-state index contributed by atoms with van der Waals surface area (Å²) in [5.41, 5.74) is 2.04. The fourth-order valence-corrected chi connectivity index (χ4v) is 4.12. The first kappa shape index (κ1) is 20.7. The van der Waals surface area contributed by atoms with E-state index in [9.17, 15) is 9.59 Å². The van der Waals surface area contributed by atoms with E-state index in [1.165, 1.54) is 18.5 Å². The van der Waals surface area contributed by atoms with Crippen LogP contribution in [0.4, 0.5) is 11.4 Å². The molecular weight excluding hydrogens is 350 g/mol. The number of carbonyl (C=O) groups is 2. The second kappa shape index (κ2) is 9.44. The van der Waals surface area contributed by atoms with Crippen LogP contribution >= 0.6 is 0 Å². The van der Waals surface area contributed by atoms with Gasteiger partial charge in [-0.05, 0) is 62.3 Å². The summed E-state index contributed by atoms with van der Waals surface area (Å²) in [4.78, 5) is 29.5. The average molecular weight is 386 g/mol. The molecule has 28 heavy (non-hydrogen) atoms. The number of piperidine rings is 1. The van der Waals surface area contributed by atoms with Crippen molar-refractivity contribution in [3.05, 3.63) is 24.3 Å². The van der Waals surface area contributed by atoms with Crippen molar-refractivity contribution >= 4 is 23.2 Å². The van der Waals surface area contributed by atoms with E-state index in [2.05, 4.69) is 43.1 Å². The smallest absolute Gasteiger partial charge is 0.228 e. The highest BCUT2D eigenvalue weighted by Crippen LogP contribution is 2.41. The van der Waals surface area contributed by atoms with Gasteiger partial charge >= 0.3 is 0 Å². The molecule has 0 radical (unpaired) electrons. The van der Waals surface area contributed by atoms with Gasteiger partial charge in [0.2, 0.25) is 11.8 Å². The molecule has 2 atom stereocenters. The molecule has 5 nitrogen and oxygen atoms in total. The van der Waals surface area contributed by atoms with Crippen LogP contribution in [-0.2, 0) is 9.59 Å². The molecule has 1 aliphatic heterocycles. The molecule has 1 saturated heterocycles. The Morgan fingerprint density at radius 1 is 1.04 bits per heavy atom. The molecule has 2 amide bonds. The van der Waals surface area contributed by atoms with Crippen LogP contribution in [0.1, 0.15) is 52.9 Å². The standard InChI is InChI=1S/C23H35N3O2/c1-4-12-26(13-5-2)23(28)21-16-20(21)22(27)24-18-6-8-19(9-7-18)25-14-10-17(3)11-15-25/h6-9,17,20-21H,4-5,10-16H2,1-3H3,(H,24,27). The number of hydrogen-bond acceptors (Lipinski definition) is 3. The predicted molar refractivity (Wildman–Crippen MR) is 114 cm³/mol. The third kappa shape index (κ3) is 5.06. The van der Waals surface area contributed by atoms with Crippen molar-refractivity contribution in [3.63, 3.8) is 0 Å². The maximum atomic E-state index is 12.6. The topological polar surface area (TPSA) is 52.7 Å². The number of hydrogen-bond donors (Lipinski definition) is 1. The molecule has 1 heterocycles. The minimum Gasteiger partial charge on any atom is -0.372 e. The lowest BCUT2D eigenvalue weighted by Crippen LogP contribution is -2.34. The predicted octanol–water partition coefficient (Wildman–Crippen LogP) is 4.15. The van der Waals surface area contributed by atoms with Crippen LogP contribution in [0.15, 0.2) is 24.3 Å². The fourth-order valence-electron chi connectivity index (χ4n) is 4.12. The SMILES string of the molecule is CCCN(CCC)C(=O)C1CC1C(=O)Nc1ccc(N2CCC(C)CC2)cc1. The highest BCUT2D eigenvalue weighted by Gasteiger charge is 2.49. The molecule has 0 spiro atoms. The molecule has 3 rings (SSSR count). The monoisotopic (exact) mass is 385 g/mol. The summed E-state index contributed by atoms with van der Waals surface area (Å²) >= 11 is 0. The minimum atomic E-state index is -0.174. The van der Waals surface area contributed by atoms with Crippen LogP contribution in [0, 0.1) is 17.8 Å². The zero-order valence-corrected chi connectivity index (χ0v) is 17.6. The van der Waals surface area contributed by atoms with Gasteiger partial charge in [-0.15, -0.1) is 0 Å². The first-order valence-corrected chi connectivity index (χ1v) is 11.0. The van der Waals surface area contributed by atoms with Crippen molar-refractivity contribution in [3.8, 4) is 0 Å². The van der Waals surface area contributed by atoms with Gasteiger partial charge in [-0.25, -0.2) is 0 Å². The number of nitrogens with one attached hydrogen (secondary N) is 1. The summed E-state index contributed by atoms with van der Waals surface area (Å²) in [6.07, 6.45) is 5.07. The molecule has 1 N–H and O–H groups in total. The molecule has 2 unspecified atom stereocenters. The molecule has 2 aliphatic rings. The number of amides is 2. The lowest BCUT2D eigenvalue weighted by atomic mass is 9.99. The Bertz CT molecular complexity index is 659. The van der Waals surface area contributed by atoms with Crippen LogP contribution in [0.5, 0.6) is 0 Å². The third-order valence-corrected chi connectivity index (χ3v) is 6.03. The highest BCUT2D eigenvalue weighted by atomic mass is 16.2. The Balaban J connectivity index is 1.51. The summed E-state index contributed by atoms with van der Waals surface area (Å²) in [5.74, 6) is 0.638. The van der Waals surface area contributed by atoms with E-state index in [0.717, 1.165) is 50.6 Å². The molecule has 1 aliphatic carbocycles. The molecular formula is C23H35N3O2. The van der Waals surface area contributed by atoms with Crippen molar-refractivity contribution in [1.29, 1.82) is 0 Å². The van der Waals surface area contributed by atoms with E-state index >= 15 is 0 Å². The minimum absolute atomic E-state index is 0.0224. The van der Waals surface area contributed by atoms with E-state index in [1.54, 1.807) is 0 Å². The maximum Gasteiger partial charge on any atom is 0.228 e. The van der Waals surface area contributed by atoms with Gasteiger partial charge in [0.15, 0.2) is 0 Å². The summed E-state index contributed by atoms with van der Waals surface area (Å²) in [7, 11) is 0. The molecule has 2 fully saturated rings. The maximum absolute atomic E-state index is 12.6. The molecule has 1 saturated carbocycles. The highest BCUT2D eigenvalue weighted by molar-refractivity contribution is 5.99. The second-order valence-corrected chi connectivity index (χ2v) is 8.48. The van der Waals surface area contributed by atoms with Crippen molar-refractivity contribution in [2.75, 3.05) is 36.4 Å². The molecule has 0 aromatic heterocycles.